The summed E-state index contributed by atoms with van der Waals surface area (Å²) >= 11 is 0. The van der Waals surface area contributed by atoms with E-state index in [2.05, 4.69) is 36.6 Å². The molecule has 0 radical (unpaired) electrons. The highest BCUT2D eigenvalue weighted by Crippen LogP contribution is 2.45. The second-order valence-corrected chi connectivity index (χ2v) is 9.69. The number of fused-ring (bicyclic) bond motifs is 1. The second kappa shape index (κ2) is 10.6. The Hall–Kier alpha value is -3.93. The number of anilines is 2. The normalized spacial score (nSPS) is 19.5. The van der Waals surface area contributed by atoms with Crippen LogP contribution in [0.5, 0.6) is 17.2 Å². The topological polar surface area (TPSA) is 68.8 Å². The SMILES string of the molecule is CCC(C)Oc1ccc(C2Nc3ccccc3NC3=C2C(=O)CC(c2ccc(OC)c(OC)c2)C3)cc1. The molecule has 6 heteroatoms. The molecule has 37 heavy (non-hydrogen) atoms. The van der Waals surface area contributed by atoms with Gasteiger partial charge in [0.2, 0.25) is 0 Å². The summed E-state index contributed by atoms with van der Waals surface area (Å²) in [6.07, 6.45) is 2.25. The first-order chi connectivity index (χ1) is 18.0. The molecule has 0 spiro atoms. The molecule has 6 nitrogen and oxygen atoms in total. The predicted molar refractivity (Wildman–Crippen MR) is 147 cm³/mol. The van der Waals surface area contributed by atoms with E-state index in [-0.39, 0.29) is 23.8 Å². The third kappa shape index (κ3) is 5.01. The van der Waals surface area contributed by atoms with Gasteiger partial charge in [-0.1, -0.05) is 37.3 Å². The summed E-state index contributed by atoms with van der Waals surface area (Å²) in [7, 11) is 3.26. The van der Waals surface area contributed by atoms with E-state index in [0.717, 1.165) is 52.4 Å². The first kappa shape index (κ1) is 24.8. The zero-order valence-electron chi connectivity index (χ0n) is 21.8. The fourth-order valence-electron chi connectivity index (χ4n) is 5.14. The number of rotatable bonds is 7. The summed E-state index contributed by atoms with van der Waals surface area (Å²) in [4.78, 5) is 13.8. The summed E-state index contributed by atoms with van der Waals surface area (Å²) in [5.74, 6) is 2.36. The van der Waals surface area contributed by atoms with Crippen molar-refractivity contribution in [2.75, 3.05) is 24.9 Å². The molecule has 3 unspecified atom stereocenters. The number of nitrogens with one attached hydrogen (secondary N) is 2. The first-order valence-corrected chi connectivity index (χ1v) is 12.9. The Morgan fingerprint density at radius 3 is 2.30 bits per heavy atom. The standard InChI is InChI=1S/C31H34N2O4/c1-5-19(2)37-23-13-10-20(11-14-23)31-30-26(32-24-8-6-7-9-25(24)33-31)16-22(17-27(30)34)21-12-15-28(35-3)29(18-21)36-4/h6-15,18-19,22,31-33H,5,16-17H2,1-4H3. The van der Waals surface area contributed by atoms with Crippen molar-refractivity contribution >= 4 is 17.2 Å². The van der Waals surface area contributed by atoms with Gasteiger partial charge in [0.25, 0.3) is 0 Å². The van der Waals surface area contributed by atoms with Gasteiger partial charge in [0, 0.05) is 17.7 Å². The number of carbonyl (C=O) groups is 1. The van der Waals surface area contributed by atoms with Gasteiger partial charge in [-0.25, -0.2) is 0 Å². The molecular weight excluding hydrogens is 464 g/mol. The van der Waals surface area contributed by atoms with Gasteiger partial charge in [0.05, 0.1) is 37.7 Å². The number of benzene rings is 3. The first-order valence-electron chi connectivity index (χ1n) is 12.9. The molecule has 0 saturated carbocycles. The van der Waals surface area contributed by atoms with E-state index in [1.54, 1.807) is 14.2 Å². The van der Waals surface area contributed by atoms with Crippen molar-refractivity contribution in [1.29, 1.82) is 0 Å². The Kier molecular flexibility index (Phi) is 7.08. The predicted octanol–water partition coefficient (Wildman–Crippen LogP) is 6.86. The molecule has 0 amide bonds. The summed E-state index contributed by atoms with van der Waals surface area (Å²) < 4.78 is 16.9. The molecule has 0 fully saturated rings. The molecule has 1 aliphatic carbocycles. The third-order valence-corrected chi connectivity index (χ3v) is 7.31. The summed E-state index contributed by atoms with van der Waals surface area (Å²) in [5.41, 5.74) is 5.78. The Balaban J connectivity index is 1.52. The Morgan fingerprint density at radius 2 is 1.59 bits per heavy atom. The maximum Gasteiger partial charge on any atom is 0.163 e. The van der Waals surface area contributed by atoms with Crippen molar-refractivity contribution in [1.82, 2.24) is 0 Å². The van der Waals surface area contributed by atoms with E-state index in [1.807, 2.05) is 54.6 Å². The molecule has 1 aliphatic heterocycles. The quantitative estimate of drug-likeness (QED) is 0.371. The van der Waals surface area contributed by atoms with E-state index >= 15 is 0 Å². The number of para-hydroxylation sites is 2. The lowest BCUT2D eigenvalue weighted by atomic mass is 9.78. The molecule has 0 saturated heterocycles. The van der Waals surface area contributed by atoms with E-state index < -0.39 is 0 Å². The number of methoxy groups -OCH3 is 2. The average molecular weight is 499 g/mol. The van der Waals surface area contributed by atoms with Crippen LogP contribution in [0.3, 0.4) is 0 Å². The van der Waals surface area contributed by atoms with E-state index in [4.69, 9.17) is 14.2 Å². The summed E-state index contributed by atoms with van der Waals surface area (Å²) in [6, 6.07) is 21.9. The van der Waals surface area contributed by atoms with Crippen LogP contribution in [0.4, 0.5) is 11.4 Å². The highest BCUT2D eigenvalue weighted by Gasteiger charge is 2.36. The fraction of sp³-hybridized carbons (Fsp3) is 0.323. The number of hydrogen-bond donors (Lipinski definition) is 2. The van der Waals surface area contributed by atoms with Gasteiger partial charge in [0.15, 0.2) is 17.3 Å². The molecule has 1 heterocycles. The summed E-state index contributed by atoms with van der Waals surface area (Å²) in [5, 5.41) is 7.25. The van der Waals surface area contributed by atoms with Gasteiger partial charge in [-0.2, -0.15) is 0 Å². The number of hydrogen-bond acceptors (Lipinski definition) is 6. The average Bonchev–Trinajstić information content (AvgIpc) is 3.10. The molecule has 2 aliphatic rings. The van der Waals surface area contributed by atoms with Crippen LogP contribution in [0.15, 0.2) is 78.0 Å². The highest BCUT2D eigenvalue weighted by molar-refractivity contribution is 6.01. The van der Waals surface area contributed by atoms with Gasteiger partial charge in [-0.3, -0.25) is 4.79 Å². The minimum absolute atomic E-state index is 0.0378. The largest absolute Gasteiger partial charge is 0.493 e. The molecule has 0 bridgehead atoms. The lowest BCUT2D eigenvalue weighted by molar-refractivity contribution is -0.116. The minimum Gasteiger partial charge on any atom is -0.493 e. The number of ketones is 1. The molecule has 3 atom stereocenters. The van der Waals surface area contributed by atoms with Gasteiger partial charge < -0.3 is 24.8 Å². The fourth-order valence-corrected chi connectivity index (χ4v) is 5.14. The van der Waals surface area contributed by atoms with Crippen LogP contribution < -0.4 is 24.8 Å². The zero-order valence-corrected chi connectivity index (χ0v) is 21.8. The van der Waals surface area contributed by atoms with Gasteiger partial charge >= 0.3 is 0 Å². The van der Waals surface area contributed by atoms with E-state index in [1.165, 1.54) is 0 Å². The molecular formula is C31H34N2O4. The maximum atomic E-state index is 13.8. The van der Waals surface area contributed by atoms with Gasteiger partial charge in [-0.05, 0) is 73.2 Å². The molecule has 5 rings (SSSR count). The van der Waals surface area contributed by atoms with Gasteiger partial charge in [-0.15, -0.1) is 0 Å². The maximum absolute atomic E-state index is 13.8. The zero-order chi connectivity index (χ0) is 25.9. The Labute approximate surface area is 218 Å². The van der Waals surface area contributed by atoms with Crippen molar-refractivity contribution < 1.29 is 19.0 Å². The van der Waals surface area contributed by atoms with Crippen molar-refractivity contribution in [3.8, 4) is 17.2 Å². The van der Waals surface area contributed by atoms with Crippen molar-refractivity contribution in [2.24, 2.45) is 0 Å². The van der Waals surface area contributed by atoms with Crippen LogP contribution in [0.2, 0.25) is 0 Å². The summed E-state index contributed by atoms with van der Waals surface area (Å²) in [6.45, 7) is 4.17. The molecule has 3 aromatic carbocycles. The number of ether oxygens (including phenoxy) is 3. The smallest absolute Gasteiger partial charge is 0.163 e. The minimum atomic E-state index is -0.261. The van der Waals surface area contributed by atoms with Crippen molar-refractivity contribution in [3.05, 3.63) is 89.1 Å². The van der Waals surface area contributed by atoms with E-state index in [0.29, 0.717) is 17.9 Å². The number of allylic oxidation sites excluding steroid dienone is 1. The molecule has 2 N–H and O–H groups in total. The van der Waals surface area contributed by atoms with Crippen molar-refractivity contribution in [2.45, 2.75) is 51.2 Å². The van der Waals surface area contributed by atoms with Gasteiger partial charge in [0.1, 0.15) is 5.75 Å². The van der Waals surface area contributed by atoms with Crippen LogP contribution in [0, 0.1) is 0 Å². The molecule has 192 valence electrons. The lowest BCUT2D eigenvalue weighted by Crippen LogP contribution is -2.26. The third-order valence-electron chi connectivity index (χ3n) is 7.31. The molecule has 0 aromatic heterocycles. The van der Waals surface area contributed by atoms with Crippen LogP contribution in [0.25, 0.3) is 0 Å². The van der Waals surface area contributed by atoms with Crippen LogP contribution in [0.1, 0.15) is 56.2 Å². The number of Topliss-reactive ketones (excluding diaryl/α,β-unsaturated/α-hetero) is 1. The van der Waals surface area contributed by atoms with Crippen LogP contribution in [-0.2, 0) is 4.79 Å². The van der Waals surface area contributed by atoms with Crippen molar-refractivity contribution in [3.63, 3.8) is 0 Å². The lowest BCUT2D eigenvalue weighted by Gasteiger charge is -2.30. The van der Waals surface area contributed by atoms with Crippen LogP contribution in [-0.4, -0.2) is 26.1 Å². The Bertz CT molecular complexity index is 1320. The number of carbonyl (C=O) groups excluding carboxylic acids is 1. The Morgan fingerprint density at radius 1 is 0.892 bits per heavy atom. The molecule has 3 aromatic rings. The monoisotopic (exact) mass is 498 g/mol. The van der Waals surface area contributed by atoms with Crippen LogP contribution >= 0.6 is 0 Å². The highest BCUT2D eigenvalue weighted by atomic mass is 16.5. The van der Waals surface area contributed by atoms with E-state index in [9.17, 15) is 4.79 Å². The second-order valence-electron chi connectivity index (χ2n) is 9.69.